The number of ether oxygens (including phenoxy) is 3. The van der Waals surface area contributed by atoms with Crippen LogP contribution in [0.5, 0.6) is 11.5 Å². The standard InChI is InChI=1S/C27H30N2O4/c1-19-14-23(28-17-20-10-6-4-7-11-20)22-15-25(31-2)26(32-3)16-24(22)29(19)27(30)33-18-21-12-8-5-9-13-21/h4-13,15-16,19,23,28H,14,17-18H2,1-3H3/t19-,23+/m0/s1. The summed E-state index contributed by atoms with van der Waals surface area (Å²) in [5, 5.41) is 3.66. The molecule has 0 saturated carbocycles. The Labute approximate surface area is 195 Å². The van der Waals surface area contributed by atoms with Crippen molar-refractivity contribution in [2.24, 2.45) is 0 Å². The molecule has 1 N–H and O–H groups in total. The third-order valence-corrected chi connectivity index (χ3v) is 5.98. The number of benzene rings is 3. The van der Waals surface area contributed by atoms with Gasteiger partial charge in [-0.2, -0.15) is 0 Å². The molecule has 0 fully saturated rings. The highest BCUT2D eigenvalue weighted by Gasteiger charge is 2.36. The molecule has 1 aliphatic rings. The Balaban J connectivity index is 1.62. The minimum atomic E-state index is -0.374. The normalized spacial score (nSPS) is 17.2. The summed E-state index contributed by atoms with van der Waals surface area (Å²) in [7, 11) is 3.22. The third kappa shape index (κ3) is 5.12. The summed E-state index contributed by atoms with van der Waals surface area (Å²) in [6.07, 6.45) is 0.372. The van der Waals surface area contributed by atoms with Crippen molar-refractivity contribution in [1.29, 1.82) is 0 Å². The summed E-state index contributed by atoms with van der Waals surface area (Å²) in [6, 6.07) is 23.8. The number of nitrogens with one attached hydrogen (secondary N) is 1. The van der Waals surface area contributed by atoms with Gasteiger partial charge in [0.15, 0.2) is 11.5 Å². The van der Waals surface area contributed by atoms with E-state index in [2.05, 4.69) is 17.4 Å². The Morgan fingerprint density at radius 2 is 1.55 bits per heavy atom. The third-order valence-electron chi connectivity index (χ3n) is 5.98. The molecule has 1 heterocycles. The van der Waals surface area contributed by atoms with Crippen LogP contribution in [0.3, 0.4) is 0 Å². The second kappa shape index (κ2) is 10.4. The van der Waals surface area contributed by atoms with Crippen LogP contribution >= 0.6 is 0 Å². The summed E-state index contributed by atoms with van der Waals surface area (Å²) in [5.41, 5.74) is 3.91. The van der Waals surface area contributed by atoms with Crippen LogP contribution in [0.2, 0.25) is 0 Å². The van der Waals surface area contributed by atoms with Crippen LogP contribution < -0.4 is 19.7 Å². The van der Waals surface area contributed by atoms with Gasteiger partial charge in [-0.15, -0.1) is 0 Å². The molecule has 4 rings (SSSR count). The molecule has 33 heavy (non-hydrogen) atoms. The first-order valence-electron chi connectivity index (χ1n) is 11.1. The van der Waals surface area contributed by atoms with Crippen LogP contribution in [0.1, 0.15) is 36.1 Å². The second-order valence-corrected chi connectivity index (χ2v) is 8.18. The molecule has 0 aliphatic carbocycles. The summed E-state index contributed by atoms with van der Waals surface area (Å²) < 4.78 is 16.8. The zero-order chi connectivity index (χ0) is 23.2. The molecule has 0 radical (unpaired) electrons. The lowest BCUT2D eigenvalue weighted by molar-refractivity contribution is 0.143. The van der Waals surface area contributed by atoms with Crippen molar-refractivity contribution in [3.63, 3.8) is 0 Å². The molecule has 0 spiro atoms. The molecule has 0 bridgehead atoms. The summed E-state index contributed by atoms with van der Waals surface area (Å²) >= 11 is 0. The van der Waals surface area contributed by atoms with Crippen molar-refractivity contribution in [3.05, 3.63) is 89.5 Å². The number of hydrogen-bond acceptors (Lipinski definition) is 5. The minimum Gasteiger partial charge on any atom is -0.493 e. The molecule has 172 valence electrons. The molecular weight excluding hydrogens is 416 g/mol. The fourth-order valence-electron chi connectivity index (χ4n) is 4.28. The monoisotopic (exact) mass is 446 g/mol. The maximum atomic E-state index is 13.2. The van der Waals surface area contributed by atoms with Crippen LogP contribution in [-0.4, -0.2) is 26.4 Å². The first kappa shape index (κ1) is 22.7. The van der Waals surface area contributed by atoms with E-state index in [0.717, 1.165) is 29.8 Å². The van der Waals surface area contributed by atoms with Gasteiger partial charge in [0.2, 0.25) is 0 Å². The highest BCUT2D eigenvalue weighted by molar-refractivity contribution is 5.91. The Morgan fingerprint density at radius 3 is 2.18 bits per heavy atom. The highest BCUT2D eigenvalue weighted by Crippen LogP contribution is 2.44. The predicted octanol–water partition coefficient (Wildman–Crippen LogP) is 5.47. The second-order valence-electron chi connectivity index (χ2n) is 8.18. The van der Waals surface area contributed by atoms with Gasteiger partial charge < -0.3 is 19.5 Å². The van der Waals surface area contributed by atoms with Gasteiger partial charge in [-0.3, -0.25) is 4.90 Å². The number of amides is 1. The Hall–Kier alpha value is -3.51. The van der Waals surface area contributed by atoms with Gasteiger partial charge in [-0.05, 0) is 36.1 Å². The van der Waals surface area contributed by atoms with E-state index in [4.69, 9.17) is 14.2 Å². The van der Waals surface area contributed by atoms with E-state index in [0.29, 0.717) is 11.5 Å². The zero-order valence-electron chi connectivity index (χ0n) is 19.3. The van der Waals surface area contributed by atoms with E-state index in [1.165, 1.54) is 5.56 Å². The zero-order valence-corrected chi connectivity index (χ0v) is 19.3. The number of fused-ring (bicyclic) bond motifs is 1. The number of hydrogen-bond donors (Lipinski definition) is 1. The SMILES string of the molecule is COc1cc2c(cc1OC)N(C(=O)OCc1ccccc1)[C@@H](C)C[C@H]2NCc1ccccc1. The Kier molecular flexibility index (Phi) is 7.15. The van der Waals surface area contributed by atoms with Crippen LogP contribution in [0.15, 0.2) is 72.8 Å². The minimum absolute atomic E-state index is 0.0492. The van der Waals surface area contributed by atoms with Crippen LogP contribution in [0.4, 0.5) is 10.5 Å². The van der Waals surface area contributed by atoms with Crippen LogP contribution in [0, 0.1) is 0 Å². The fraction of sp³-hybridized carbons (Fsp3) is 0.296. The topological polar surface area (TPSA) is 60.0 Å². The lowest BCUT2D eigenvalue weighted by Gasteiger charge is -2.39. The van der Waals surface area contributed by atoms with Gasteiger partial charge >= 0.3 is 6.09 Å². The first-order valence-corrected chi connectivity index (χ1v) is 11.1. The molecule has 0 aromatic heterocycles. The van der Waals surface area contributed by atoms with E-state index in [9.17, 15) is 4.79 Å². The molecule has 2 atom stereocenters. The summed E-state index contributed by atoms with van der Waals surface area (Å²) in [6.45, 7) is 2.99. The van der Waals surface area contributed by atoms with E-state index in [1.54, 1.807) is 19.1 Å². The van der Waals surface area contributed by atoms with Crippen LogP contribution in [-0.2, 0) is 17.9 Å². The van der Waals surface area contributed by atoms with Crippen molar-refractivity contribution >= 4 is 11.8 Å². The number of rotatable bonds is 7. The van der Waals surface area contributed by atoms with E-state index >= 15 is 0 Å². The molecule has 6 nitrogen and oxygen atoms in total. The number of anilines is 1. The molecule has 1 amide bonds. The van der Waals surface area contributed by atoms with Crippen molar-refractivity contribution in [2.75, 3.05) is 19.1 Å². The van der Waals surface area contributed by atoms with Crippen LogP contribution in [0.25, 0.3) is 0 Å². The Bertz CT molecular complexity index is 1070. The number of carbonyl (C=O) groups is 1. The summed E-state index contributed by atoms with van der Waals surface area (Å²) in [5.74, 6) is 1.21. The number of methoxy groups -OCH3 is 2. The van der Waals surface area contributed by atoms with E-state index < -0.39 is 0 Å². The lowest BCUT2D eigenvalue weighted by atomic mass is 9.91. The quantitative estimate of drug-likeness (QED) is 0.522. The fourth-order valence-corrected chi connectivity index (χ4v) is 4.28. The average Bonchev–Trinajstić information content (AvgIpc) is 2.86. The van der Waals surface area contributed by atoms with Crippen molar-refractivity contribution < 1.29 is 19.0 Å². The largest absolute Gasteiger partial charge is 0.493 e. The van der Waals surface area contributed by atoms with Crippen molar-refractivity contribution in [2.45, 2.75) is 38.6 Å². The molecule has 0 saturated heterocycles. The average molecular weight is 447 g/mol. The molecule has 6 heteroatoms. The number of carbonyl (C=O) groups excluding carboxylic acids is 1. The predicted molar refractivity (Wildman–Crippen MR) is 129 cm³/mol. The van der Waals surface area contributed by atoms with Gasteiger partial charge in [0.25, 0.3) is 0 Å². The maximum absolute atomic E-state index is 13.2. The molecule has 3 aromatic carbocycles. The van der Waals surface area contributed by atoms with E-state index in [1.807, 2.05) is 67.6 Å². The highest BCUT2D eigenvalue weighted by atomic mass is 16.6. The van der Waals surface area contributed by atoms with E-state index in [-0.39, 0.29) is 24.8 Å². The smallest absolute Gasteiger partial charge is 0.414 e. The summed E-state index contributed by atoms with van der Waals surface area (Å²) in [4.78, 5) is 14.9. The molecule has 0 unspecified atom stereocenters. The Morgan fingerprint density at radius 1 is 0.939 bits per heavy atom. The molecule has 3 aromatic rings. The van der Waals surface area contributed by atoms with Gasteiger partial charge in [0, 0.05) is 24.7 Å². The molecule has 1 aliphatic heterocycles. The lowest BCUT2D eigenvalue weighted by Crippen LogP contribution is -2.45. The first-order chi connectivity index (χ1) is 16.1. The van der Waals surface area contributed by atoms with Gasteiger partial charge in [-0.25, -0.2) is 4.79 Å². The van der Waals surface area contributed by atoms with Crippen molar-refractivity contribution in [1.82, 2.24) is 5.32 Å². The maximum Gasteiger partial charge on any atom is 0.414 e. The molecular formula is C27H30N2O4. The van der Waals surface area contributed by atoms with Gasteiger partial charge in [0.05, 0.1) is 19.9 Å². The van der Waals surface area contributed by atoms with Gasteiger partial charge in [-0.1, -0.05) is 60.7 Å². The van der Waals surface area contributed by atoms with Crippen molar-refractivity contribution in [3.8, 4) is 11.5 Å². The number of nitrogens with zero attached hydrogens (tertiary/aromatic N) is 1. The van der Waals surface area contributed by atoms with Gasteiger partial charge in [0.1, 0.15) is 6.61 Å².